The SMILES string of the molecule is CC(CCOCCC(F)(F)C(F)(F)C(F)(F)C(F)(F)C(F)(F)C(F)(F)C(F)(F)C(F)(F)F)CC(C)(C)C. The van der Waals surface area contributed by atoms with Gasteiger partial charge in [-0.05, 0) is 24.2 Å². The fourth-order valence-electron chi connectivity index (χ4n) is 3.09. The molecule has 37 heavy (non-hydrogen) atoms. The van der Waals surface area contributed by atoms with Crippen LogP contribution in [-0.2, 0) is 4.74 Å². The molecule has 0 heterocycles. The van der Waals surface area contributed by atoms with Crippen LogP contribution in [-0.4, -0.2) is 60.8 Å². The minimum Gasteiger partial charge on any atom is -0.381 e. The van der Waals surface area contributed by atoms with Crippen molar-refractivity contribution in [3.8, 4) is 0 Å². The maximum atomic E-state index is 13.7. The molecule has 0 amide bonds. The van der Waals surface area contributed by atoms with E-state index >= 15 is 0 Å². The highest BCUT2D eigenvalue weighted by Crippen LogP contribution is 2.64. The van der Waals surface area contributed by atoms with Gasteiger partial charge in [0.2, 0.25) is 0 Å². The normalized spacial score (nSPS) is 16.8. The second-order valence-electron chi connectivity index (χ2n) is 9.67. The molecule has 0 aliphatic rings. The van der Waals surface area contributed by atoms with Gasteiger partial charge in [0.1, 0.15) is 0 Å². The summed E-state index contributed by atoms with van der Waals surface area (Å²) in [5.74, 6) is -56.3. The summed E-state index contributed by atoms with van der Waals surface area (Å²) in [5.41, 5.74) is -0.200. The van der Waals surface area contributed by atoms with Crippen LogP contribution in [0.2, 0.25) is 0 Å². The Morgan fingerprint density at radius 1 is 0.514 bits per heavy atom. The van der Waals surface area contributed by atoms with Gasteiger partial charge in [0, 0.05) is 13.0 Å². The third kappa shape index (κ3) is 6.50. The topological polar surface area (TPSA) is 9.23 Å². The van der Waals surface area contributed by atoms with Gasteiger partial charge in [0.15, 0.2) is 0 Å². The summed E-state index contributed by atoms with van der Waals surface area (Å²) >= 11 is 0. The van der Waals surface area contributed by atoms with Gasteiger partial charge in [0.25, 0.3) is 0 Å². The van der Waals surface area contributed by atoms with E-state index in [1.54, 1.807) is 6.92 Å². The van der Waals surface area contributed by atoms with Crippen LogP contribution in [0.5, 0.6) is 0 Å². The monoisotopic (exact) mass is 590 g/mol. The van der Waals surface area contributed by atoms with Gasteiger partial charge in [0.05, 0.1) is 6.61 Å². The Bertz CT molecular complexity index is 749. The minimum absolute atomic E-state index is 0.113. The molecule has 0 bridgehead atoms. The first-order chi connectivity index (χ1) is 15.9. The molecule has 0 spiro atoms. The molecule has 18 heteroatoms. The summed E-state index contributed by atoms with van der Waals surface area (Å²) in [5, 5.41) is 0. The lowest BCUT2D eigenvalue weighted by atomic mass is 9.84. The van der Waals surface area contributed by atoms with Crippen LogP contribution in [0.3, 0.4) is 0 Å². The van der Waals surface area contributed by atoms with Gasteiger partial charge < -0.3 is 4.74 Å². The van der Waals surface area contributed by atoms with E-state index in [0.29, 0.717) is 6.42 Å². The summed E-state index contributed by atoms with van der Waals surface area (Å²) in [4.78, 5) is 0. The van der Waals surface area contributed by atoms with Crippen LogP contribution >= 0.6 is 0 Å². The second kappa shape index (κ2) is 10.4. The van der Waals surface area contributed by atoms with E-state index in [9.17, 15) is 74.6 Å². The summed E-state index contributed by atoms with van der Waals surface area (Å²) in [6, 6.07) is 0. The van der Waals surface area contributed by atoms with Gasteiger partial charge >= 0.3 is 47.6 Å². The fourth-order valence-corrected chi connectivity index (χ4v) is 3.09. The van der Waals surface area contributed by atoms with E-state index in [2.05, 4.69) is 4.74 Å². The van der Waals surface area contributed by atoms with Crippen molar-refractivity contribution in [2.75, 3.05) is 13.2 Å². The lowest BCUT2D eigenvalue weighted by molar-refractivity contribution is -0.462. The van der Waals surface area contributed by atoms with Crippen LogP contribution in [0.15, 0.2) is 0 Å². The van der Waals surface area contributed by atoms with Gasteiger partial charge in [-0.1, -0.05) is 27.7 Å². The maximum Gasteiger partial charge on any atom is 0.460 e. The lowest BCUT2D eigenvalue weighted by Crippen LogP contribution is -2.74. The van der Waals surface area contributed by atoms with Crippen molar-refractivity contribution in [1.82, 2.24) is 0 Å². The zero-order valence-corrected chi connectivity index (χ0v) is 19.4. The van der Waals surface area contributed by atoms with E-state index in [1.807, 2.05) is 20.8 Å². The van der Waals surface area contributed by atoms with Gasteiger partial charge in [-0.25, -0.2) is 0 Å². The van der Waals surface area contributed by atoms with E-state index in [4.69, 9.17) is 0 Å². The highest BCUT2D eigenvalue weighted by molar-refractivity contribution is 5.15. The smallest absolute Gasteiger partial charge is 0.381 e. The molecule has 0 saturated heterocycles. The average Bonchev–Trinajstić information content (AvgIpc) is 2.64. The van der Waals surface area contributed by atoms with E-state index in [0.717, 1.165) is 0 Å². The third-order valence-corrected chi connectivity index (χ3v) is 5.06. The molecule has 0 aromatic carbocycles. The van der Waals surface area contributed by atoms with Crippen molar-refractivity contribution in [2.24, 2.45) is 11.3 Å². The molecule has 0 rings (SSSR count). The zero-order valence-electron chi connectivity index (χ0n) is 19.4. The van der Waals surface area contributed by atoms with Crippen LogP contribution in [0.4, 0.5) is 74.6 Å². The quantitative estimate of drug-likeness (QED) is 0.154. The maximum absolute atomic E-state index is 13.7. The molecule has 0 saturated carbocycles. The van der Waals surface area contributed by atoms with Crippen molar-refractivity contribution in [2.45, 2.75) is 94.6 Å². The summed E-state index contributed by atoms with van der Waals surface area (Å²) in [6.07, 6.45) is -9.67. The summed E-state index contributed by atoms with van der Waals surface area (Å²) < 4.78 is 229. The first-order valence-electron chi connectivity index (χ1n) is 10.1. The van der Waals surface area contributed by atoms with Gasteiger partial charge in [-0.15, -0.1) is 0 Å². The number of alkyl halides is 17. The fraction of sp³-hybridized carbons (Fsp3) is 1.00. The molecule has 0 aromatic heterocycles. The molecule has 1 atom stereocenters. The van der Waals surface area contributed by atoms with Crippen molar-refractivity contribution in [3.63, 3.8) is 0 Å². The standard InChI is InChI=1S/C19H23F17O/c1-10(9-11(2,3)4)5-7-37-8-6-12(20,21)13(22,23)14(24,25)15(26,27)16(28,29)17(30,31)18(32,33)19(34,35)36/h10H,5-9H2,1-4H3. The van der Waals surface area contributed by atoms with Crippen molar-refractivity contribution in [3.05, 3.63) is 0 Å². The molecule has 224 valence electrons. The molecule has 0 fully saturated rings. The Kier molecular flexibility index (Phi) is 10.0. The summed E-state index contributed by atoms with van der Waals surface area (Å²) in [7, 11) is 0. The molecule has 1 nitrogen and oxygen atoms in total. The van der Waals surface area contributed by atoms with Crippen molar-refractivity contribution < 1.29 is 79.4 Å². The Morgan fingerprint density at radius 2 is 0.865 bits per heavy atom. The van der Waals surface area contributed by atoms with Crippen LogP contribution in [0.1, 0.15) is 47.0 Å². The third-order valence-electron chi connectivity index (χ3n) is 5.06. The molecule has 0 aromatic rings. The Balaban J connectivity index is 5.84. The Morgan fingerprint density at radius 3 is 1.22 bits per heavy atom. The van der Waals surface area contributed by atoms with Crippen molar-refractivity contribution >= 4 is 0 Å². The van der Waals surface area contributed by atoms with Crippen molar-refractivity contribution in [1.29, 1.82) is 0 Å². The van der Waals surface area contributed by atoms with Gasteiger partial charge in [-0.2, -0.15) is 74.6 Å². The van der Waals surface area contributed by atoms with Crippen LogP contribution in [0, 0.1) is 11.3 Å². The molecule has 0 N–H and O–H groups in total. The van der Waals surface area contributed by atoms with E-state index < -0.39 is 67.3 Å². The molecular formula is C19H23F17O. The van der Waals surface area contributed by atoms with Gasteiger partial charge in [-0.3, -0.25) is 0 Å². The number of rotatable bonds is 13. The summed E-state index contributed by atoms with van der Waals surface area (Å²) in [6.45, 7) is 5.14. The molecule has 0 aliphatic carbocycles. The molecule has 0 radical (unpaired) electrons. The number of halogens is 17. The highest BCUT2D eigenvalue weighted by Gasteiger charge is 2.95. The van der Waals surface area contributed by atoms with E-state index in [1.165, 1.54) is 0 Å². The average molecular weight is 590 g/mol. The molecule has 1 unspecified atom stereocenters. The zero-order chi connectivity index (χ0) is 30.3. The van der Waals surface area contributed by atoms with Crippen LogP contribution in [0.25, 0.3) is 0 Å². The molecular weight excluding hydrogens is 567 g/mol. The number of hydrogen-bond donors (Lipinski definition) is 0. The Labute approximate surface area is 199 Å². The predicted molar refractivity (Wildman–Crippen MR) is 94.0 cm³/mol. The first-order valence-corrected chi connectivity index (χ1v) is 10.1. The first kappa shape index (κ1) is 35.8. The predicted octanol–water partition coefficient (Wildman–Crippen LogP) is 8.86. The Hall–Kier alpha value is -1.23. The number of ether oxygens (including phenoxy) is 1. The highest BCUT2D eigenvalue weighted by atomic mass is 19.4. The minimum atomic E-state index is -8.61. The van der Waals surface area contributed by atoms with E-state index in [-0.39, 0.29) is 17.8 Å². The van der Waals surface area contributed by atoms with Crippen LogP contribution < -0.4 is 0 Å². The molecule has 0 aliphatic heterocycles. The lowest BCUT2D eigenvalue weighted by Gasteiger charge is -2.42. The number of hydrogen-bond acceptors (Lipinski definition) is 1. The second-order valence-corrected chi connectivity index (χ2v) is 9.67. The largest absolute Gasteiger partial charge is 0.460 e.